The van der Waals surface area contributed by atoms with Crippen molar-refractivity contribution in [3.05, 3.63) is 23.9 Å². The van der Waals surface area contributed by atoms with Crippen molar-refractivity contribution in [1.82, 2.24) is 15.2 Å². The molecule has 2 aliphatic heterocycles. The molecule has 0 bridgehead atoms. The Labute approximate surface area is 167 Å². The summed E-state index contributed by atoms with van der Waals surface area (Å²) in [4.78, 5) is 33.4. The van der Waals surface area contributed by atoms with E-state index in [9.17, 15) is 9.59 Å². The van der Waals surface area contributed by atoms with Gasteiger partial charge in [-0.25, -0.2) is 4.98 Å². The molecule has 2 amide bonds. The molecular weight excluding hydrogens is 356 g/mol. The lowest BCUT2D eigenvalue weighted by Gasteiger charge is -2.36. The molecule has 3 heterocycles. The molecule has 2 aliphatic rings. The summed E-state index contributed by atoms with van der Waals surface area (Å²) in [5.41, 5.74) is 0.560. The van der Waals surface area contributed by atoms with Crippen LogP contribution in [0.4, 0.5) is 5.82 Å². The van der Waals surface area contributed by atoms with Crippen molar-refractivity contribution >= 4 is 17.6 Å². The van der Waals surface area contributed by atoms with Crippen molar-refractivity contribution in [3.8, 4) is 0 Å². The Morgan fingerprint density at radius 2 is 1.96 bits per heavy atom. The second kappa shape index (κ2) is 9.87. The fraction of sp³-hybridized carbons (Fsp3) is 0.667. The zero-order valence-electron chi connectivity index (χ0n) is 17.0. The Bertz CT molecular complexity index is 646. The molecule has 1 unspecified atom stereocenters. The summed E-state index contributed by atoms with van der Waals surface area (Å²) < 4.78 is 5.53. The summed E-state index contributed by atoms with van der Waals surface area (Å²) in [5.74, 6) is 1.15. The molecule has 2 saturated heterocycles. The minimum absolute atomic E-state index is 0.116. The van der Waals surface area contributed by atoms with Gasteiger partial charge in [-0.05, 0) is 37.8 Å². The van der Waals surface area contributed by atoms with Gasteiger partial charge in [0, 0.05) is 51.4 Å². The molecule has 0 saturated carbocycles. The number of piperazine rings is 1. The largest absolute Gasteiger partial charge is 0.376 e. The Morgan fingerprint density at radius 1 is 1.21 bits per heavy atom. The summed E-state index contributed by atoms with van der Waals surface area (Å²) in [6.07, 6.45) is 5.62. The van der Waals surface area contributed by atoms with Crippen LogP contribution in [-0.4, -0.2) is 67.1 Å². The second-order valence-electron chi connectivity index (χ2n) is 7.58. The summed E-state index contributed by atoms with van der Waals surface area (Å²) in [6, 6.07) is 3.70. The molecule has 1 aromatic heterocycles. The molecular formula is C21H32N4O3. The van der Waals surface area contributed by atoms with E-state index in [2.05, 4.69) is 29.0 Å². The molecule has 154 valence electrons. The first-order chi connectivity index (χ1) is 13.6. The number of pyridine rings is 1. The van der Waals surface area contributed by atoms with Crippen LogP contribution in [0.3, 0.4) is 0 Å². The zero-order chi connectivity index (χ0) is 19.9. The number of nitrogens with zero attached hydrogens (tertiary/aromatic N) is 3. The fourth-order valence-electron chi connectivity index (χ4n) is 3.87. The SMILES string of the molecule is CCC(CC)C(=O)N1CCN(c2ccc(C(=O)NCC3CCCO3)cn2)CC1. The lowest BCUT2D eigenvalue weighted by molar-refractivity contribution is -0.136. The number of hydrogen-bond donors (Lipinski definition) is 1. The van der Waals surface area contributed by atoms with Crippen LogP contribution in [-0.2, 0) is 9.53 Å². The van der Waals surface area contributed by atoms with Crippen molar-refractivity contribution in [2.75, 3.05) is 44.2 Å². The van der Waals surface area contributed by atoms with Gasteiger partial charge in [-0.3, -0.25) is 9.59 Å². The average Bonchev–Trinajstić information content (AvgIpc) is 3.27. The van der Waals surface area contributed by atoms with Gasteiger partial charge in [0.1, 0.15) is 5.82 Å². The summed E-state index contributed by atoms with van der Waals surface area (Å²) in [7, 11) is 0. The van der Waals surface area contributed by atoms with Gasteiger partial charge < -0.3 is 19.9 Å². The first-order valence-electron chi connectivity index (χ1n) is 10.5. The predicted octanol–water partition coefficient (Wildman–Crippen LogP) is 2.08. The monoisotopic (exact) mass is 388 g/mol. The van der Waals surface area contributed by atoms with E-state index in [1.807, 2.05) is 17.0 Å². The van der Waals surface area contributed by atoms with E-state index in [1.165, 1.54) is 0 Å². The number of hydrogen-bond acceptors (Lipinski definition) is 5. The van der Waals surface area contributed by atoms with Gasteiger partial charge in [-0.2, -0.15) is 0 Å². The third-order valence-corrected chi connectivity index (χ3v) is 5.77. The number of carbonyl (C=O) groups excluding carboxylic acids is 2. The molecule has 7 heteroatoms. The molecule has 0 radical (unpaired) electrons. The van der Waals surface area contributed by atoms with Gasteiger partial charge >= 0.3 is 0 Å². The van der Waals surface area contributed by atoms with E-state index in [4.69, 9.17) is 4.74 Å². The molecule has 1 N–H and O–H groups in total. The maximum absolute atomic E-state index is 12.5. The van der Waals surface area contributed by atoms with Gasteiger partial charge in [0.25, 0.3) is 5.91 Å². The van der Waals surface area contributed by atoms with Crippen molar-refractivity contribution in [3.63, 3.8) is 0 Å². The van der Waals surface area contributed by atoms with E-state index in [0.29, 0.717) is 12.1 Å². The molecule has 0 aliphatic carbocycles. The third-order valence-electron chi connectivity index (χ3n) is 5.77. The van der Waals surface area contributed by atoms with E-state index in [1.54, 1.807) is 6.20 Å². The van der Waals surface area contributed by atoms with Gasteiger partial charge in [-0.15, -0.1) is 0 Å². The van der Waals surface area contributed by atoms with Crippen LogP contribution in [0.2, 0.25) is 0 Å². The van der Waals surface area contributed by atoms with Crippen molar-refractivity contribution < 1.29 is 14.3 Å². The number of anilines is 1. The van der Waals surface area contributed by atoms with Crippen molar-refractivity contribution in [1.29, 1.82) is 0 Å². The fourth-order valence-corrected chi connectivity index (χ4v) is 3.87. The molecule has 28 heavy (non-hydrogen) atoms. The molecule has 1 atom stereocenters. The number of amides is 2. The topological polar surface area (TPSA) is 74.8 Å². The Balaban J connectivity index is 1.49. The summed E-state index contributed by atoms with van der Waals surface area (Å²) in [6.45, 7) is 8.46. The highest BCUT2D eigenvalue weighted by Gasteiger charge is 2.26. The Morgan fingerprint density at radius 3 is 2.54 bits per heavy atom. The van der Waals surface area contributed by atoms with Gasteiger partial charge in [0.05, 0.1) is 11.7 Å². The van der Waals surface area contributed by atoms with E-state index < -0.39 is 0 Å². The normalized spacial score (nSPS) is 19.9. The smallest absolute Gasteiger partial charge is 0.252 e. The maximum atomic E-state index is 12.5. The van der Waals surface area contributed by atoms with E-state index in [0.717, 1.165) is 64.3 Å². The number of nitrogens with one attached hydrogen (secondary N) is 1. The van der Waals surface area contributed by atoms with Crippen LogP contribution in [0.5, 0.6) is 0 Å². The van der Waals surface area contributed by atoms with Crippen LogP contribution in [0.25, 0.3) is 0 Å². The molecule has 0 spiro atoms. The molecule has 2 fully saturated rings. The minimum atomic E-state index is -0.116. The number of rotatable bonds is 7. The van der Waals surface area contributed by atoms with E-state index in [-0.39, 0.29) is 23.8 Å². The zero-order valence-corrected chi connectivity index (χ0v) is 17.0. The highest BCUT2D eigenvalue weighted by atomic mass is 16.5. The molecule has 7 nitrogen and oxygen atoms in total. The second-order valence-corrected chi connectivity index (χ2v) is 7.58. The number of ether oxygens (including phenoxy) is 1. The first kappa shape index (κ1) is 20.6. The van der Waals surface area contributed by atoms with Crippen LogP contribution >= 0.6 is 0 Å². The third kappa shape index (κ3) is 5.01. The molecule has 0 aromatic carbocycles. The van der Waals surface area contributed by atoms with Crippen LogP contribution in [0.15, 0.2) is 18.3 Å². The van der Waals surface area contributed by atoms with Crippen molar-refractivity contribution in [2.24, 2.45) is 5.92 Å². The van der Waals surface area contributed by atoms with Crippen LogP contribution < -0.4 is 10.2 Å². The van der Waals surface area contributed by atoms with Crippen LogP contribution in [0.1, 0.15) is 49.9 Å². The van der Waals surface area contributed by atoms with Gasteiger partial charge in [-0.1, -0.05) is 13.8 Å². The average molecular weight is 389 g/mol. The summed E-state index contributed by atoms with van der Waals surface area (Å²) >= 11 is 0. The highest BCUT2D eigenvalue weighted by molar-refractivity contribution is 5.94. The van der Waals surface area contributed by atoms with Crippen molar-refractivity contribution in [2.45, 2.75) is 45.6 Å². The first-order valence-corrected chi connectivity index (χ1v) is 10.5. The Kier molecular flexibility index (Phi) is 7.25. The summed E-state index contributed by atoms with van der Waals surface area (Å²) in [5, 5.41) is 2.92. The Hall–Kier alpha value is -2.15. The number of aromatic nitrogens is 1. The number of carbonyl (C=O) groups is 2. The van der Waals surface area contributed by atoms with Crippen LogP contribution in [0, 0.1) is 5.92 Å². The van der Waals surface area contributed by atoms with Gasteiger partial charge in [0.2, 0.25) is 5.91 Å². The quantitative estimate of drug-likeness (QED) is 0.774. The highest BCUT2D eigenvalue weighted by Crippen LogP contribution is 2.18. The lowest BCUT2D eigenvalue weighted by atomic mass is 10.0. The van der Waals surface area contributed by atoms with Gasteiger partial charge in [0.15, 0.2) is 0 Å². The predicted molar refractivity (Wildman–Crippen MR) is 108 cm³/mol. The lowest BCUT2D eigenvalue weighted by Crippen LogP contribution is -2.50. The minimum Gasteiger partial charge on any atom is -0.376 e. The molecule has 3 rings (SSSR count). The maximum Gasteiger partial charge on any atom is 0.252 e. The molecule has 1 aromatic rings. The standard InChI is InChI=1S/C21H32N4O3/c1-3-16(4-2)21(27)25-11-9-24(10-12-25)19-8-7-17(14-22-19)20(26)23-15-18-6-5-13-28-18/h7-8,14,16,18H,3-6,9-13,15H2,1-2H3,(H,23,26). The van der Waals surface area contributed by atoms with E-state index >= 15 is 0 Å².